The third-order valence-corrected chi connectivity index (χ3v) is 4.95. The number of halogens is 1. The first-order chi connectivity index (χ1) is 9.31. The van der Waals surface area contributed by atoms with Crippen molar-refractivity contribution < 1.29 is 13.2 Å². The van der Waals surface area contributed by atoms with E-state index in [0.717, 1.165) is 5.56 Å². The molecule has 0 aliphatic carbocycles. The minimum atomic E-state index is -3.69. The molecule has 0 aliphatic heterocycles. The molecular weight excluding hydrogens is 300 g/mol. The maximum absolute atomic E-state index is 12.4. The molecule has 0 heterocycles. The van der Waals surface area contributed by atoms with E-state index in [1.165, 1.54) is 13.2 Å². The summed E-state index contributed by atoms with van der Waals surface area (Å²) in [6, 6.07) is 4.38. The zero-order chi connectivity index (χ0) is 15.3. The zero-order valence-electron chi connectivity index (χ0n) is 11.9. The van der Waals surface area contributed by atoms with Crippen molar-refractivity contribution in [1.82, 2.24) is 4.72 Å². The molecule has 0 saturated heterocycles. The number of rotatable bonds is 7. The third-order valence-electron chi connectivity index (χ3n) is 2.98. The molecule has 1 atom stereocenters. The van der Waals surface area contributed by atoms with Crippen LogP contribution in [0.1, 0.15) is 19.4 Å². The smallest absolute Gasteiger partial charge is 0.242 e. The molecule has 0 aromatic heterocycles. The lowest BCUT2D eigenvalue weighted by Crippen LogP contribution is -2.41. The van der Waals surface area contributed by atoms with Crippen molar-refractivity contribution in [3.05, 3.63) is 28.8 Å². The number of hydrogen-bond donors (Lipinski definition) is 2. The van der Waals surface area contributed by atoms with Gasteiger partial charge < -0.3 is 10.5 Å². The van der Waals surface area contributed by atoms with Crippen LogP contribution in [0.15, 0.2) is 23.1 Å². The van der Waals surface area contributed by atoms with E-state index in [1.54, 1.807) is 12.1 Å². The minimum absolute atomic E-state index is 0.0538. The fraction of sp³-hybridized carbons (Fsp3) is 0.538. The summed E-state index contributed by atoms with van der Waals surface area (Å²) in [6.45, 7) is 4.46. The molecule has 1 aromatic carbocycles. The Bertz CT molecular complexity index is 547. The average molecular weight is 321 g/mol. The molecule has 1 rings (SSSR count). The fourth-order valence-corrected chi connectivity index (χ4v) is 3.63. The topological polar surface area (TPSA) is 81.4 Å². The Morgan fingerprint density at radius 1 is 1.40 bits per heavy atom. The minimum Gasteiger partial charge on any atom is -0.383 e. The van der Waals surface area contributed by atoms with Gasteiger partial charge in [-0.05, 0) is 23.6 Å². The van der Waals surface area contributed by atoms with Crippen LogP contribution >= 0.6 is 11.6 Å². The molecule has 0 saturated carbocycles. The molecule has 5 nitrogen and oxygen atoms in total. The molecule has 114 valence electrons. The molecule has 0 amide bonds. The Kier molecular flexibility index (Phi) is 6.42. The van der Waals surface area contributed by atoms with Gasteiger partial charge in [-0.15, -0.1) is 0 Å². The normalized spacial score (nSPS) is 13.7. The standard InChI is InChI=1S/C13H21ClN2O3S/c1-9(2)12(8-19-3)16-20(17,18)13-5-4-10(7-15)6-11(13)14/h4-6,9,12,16H,7-8,15H2,1-3H3. The van der Waals surface area contributed by atoms with Crippen molar-refractivity contribution >= 4 is 21.6 Å². The molecule has 3 N–H and O–H groups in total. The predicted molar refractivity (Wildman–Crippen MR) is 80.2 cm³/mol. The Hall–Kier alpha value is -0.660. The van der Waals surface area contributed by atoms with Gasteiger partial charge in [-0.2, -0.15) is 0 Å². The summed E-state index contributed by atoms with van der Waals surface area (Å²) in [7, 11) is -2.15. The Balaban J connectivity index is 3.04. The van der Waals surface area contributed by atoms with E-state index in [0.29, 0.717) is 13.2 Å². The van der Waals surface area contributed by atoms with Crippen LogP contribution in [-0.4, -0.2) is 28.2 Å². The first-order valence-electron chi connectivity index (χ1n) is 6.31. The molecule has 0 bridgehead atoms. The summed E-state index contributed by atoms with van der Waals surface area (Å²) >= 11 is 6.03. The fourth-order valence-electron chi connectivity index (χ4n) is 1.69. The molecule has 0 fully saturated rings. The summed E-state index contributed by atoms with van der Waals surface area (Å²) in [5, 5.41) is 0.167. The first-order valence-corrected chi connectivity index (χ1v) is 8.17. The van der Waals surface area contributed by atoms with E-state index in [1.807, 2.05) is 13.8 Å². The number of ether oxygens (including phenoxy) is 1. The summed E-state index contributed by atoms with van der Waals surface area (Å²) in [6.07, 6.45) is 0. The Morgan fingerprint density at radius 3 is 2.50 bits per heavy atom. The maximum Gasteiger partial charge on any atom is 0.242 e. The molecule has 1 unspecified atom stereocenters. The molecule has 0 aliphatic rings. The Labute approximate surface area is 125 Å². The summed E-state index contributed by atoms with van der Waals surface area (Å²) in [5.74, 6) is 0.104. The Morgan fingerprint density at radius 2 is 2.05 bits per heavy atom. The largest absolute Gasteiger partial charge is 0.383 e. The van der Waals surface area contributed by atoms with Crippen LogP contribution in [0.3, 0.4) is 0 Å². The third kappa shape index (κ3) is 4.43. The van der Waals surface area contributed by atoms with Crippen LogP contribution < -0.4 is 10.5 Å². The van der Waals surface area contributed by atoms with Crippen LogP contribution in [-0.2, 0) is 21.3 Å². The molecule has 0 radical (unpaired) electrons. The van der Waals surface area contributed by atoms with Crippen LogP contribution in [0.5, 0.6) is 0 Å². The molecular formula is C13H21ClN2O3S. The van der Waals surface area contributed by atoms with Gasteiger partial charge >= 0.3 is 0 Å². The number of benzene rings is 1. The van der Waals surface area contributed by atoms with Crippen molar-refractivity contribution in [3.63, 3.8) is 0 Å². The highest BCUT2D eigenvalue weighted by molar-refractivity contribution is 7.89. The van der Waals surface area contributed by atoms with E-state index in [4.69, 9.17) is 22.1 Å². The van der Waals surface area contributed by atoms with Crippen LogP contribution in [0, 0.1) is 5.92 Å². The maximum atomic E-state index is 12.4. The number of sulfonamides is 1. The quantitative estimate of drug-likeness (QED) is 0.802. The molecule has 7 heteroatoms. The van der Waals surface area contributed by atoms with Crippen molar-refractivity contribution in [2.75, 3.05) is 13.7 Å². The number of nitrogens with two attached hydrogens (primary N) is 1. The SMILES string of the molecule is COCC(NS(=O)(=O)c1ccc(CN)cc1Cl)C(C)C. The molecule has 20 heavy (non-hydrogen) atoms. The van der Waals surface area contributed by atoms with Gasteiger partial charge in [-0.1, -0.05) is 31.5 Å². The van der Waals surface area contributed by atoms with Gasteiger partial charge in [0.25, 0.3) is 0 Å². The summed E-state index contributed by atoms with van der Waals surface area (Å²) in [4.78, 5) is 0.0538. The van der Waals surface area contributed by atoms with Crippen LogP contribution in [0.25, 0.3) is 0 Å². The van der Waals surface area contributed by atoms with Crippen molar-refractivity contribution in [2.45, 2.75) is 31.3 Å². The second-order valence-electron chi connectivity index (χ2n) is 4.90. The van der Waals surface area contributed by atoms with Gasteiger partial charge in [0.15, 0.2) is 0 Å². The summed E-state index contributed by atoms with van der Waals surface area (Å²) in [5.41, 5.74) is 6.28. The highest BCUT2D eigenvalue weighted by Crippen LogP contribution is 2.23. The van der Waals surface area contributed by atoms with Gasteiger partial charge in [-0.25, -0.2) is 13.1 Å². The van der Waals surface area contributed by atoms with E-state index in [-0.39, 0.29) is 21.9 Å². The molecule has 1 aromatic rings. The highest BCUT2D eigenvalue weighted by atomic mass is 35.5. The van der Waals surface area contributed by atoms with Gasteiger partial charge in [0, 0.05) is 19.7 Å². The number of nitrogens with one attached hydrogen (secondary N) is 1. The van der Waals surface area contributed by atoms with Crippen molar-refractivity contribution in [1.29, 1.82) is 0 Å². The van der Waals surface area contributed by atoms with Crippen molar-refractivity contribution in [2.24, 2.45) is 11.7 Å². The highest BCUT2D eigenvalue weighted by Gasteiger charge is 2.24. The van der Waals surface area contributed by atoms with E-state index in [9.17, 15) is 8.42 Å². The summed E-state index contributed by atoms with van der Waals surface area (Å²) < 4.78 is 32.4. The van der Waals surface area contributed by atoms with Gasteiger partial charge in [0.1, 0.15) is 4.90 Å². The van der Waals surface area contributed by atoms with Crippen LogP contribution in [0.4, 0.5) is 0 Å². The monoisotopic (exact) mass is 320 g/mol. The van der Waals surface area contributed by atoms with Gasteiger partial charge in [0.2, 0.25) is 10.0 Å². The van der Waals surface area contributed by atoms with E-state index < -0.39 is 10.0 Å². The lowest BCUT2D eigenvalue weighted by Gasteiger charge is -2.21. The second-order valence-corrected chi connectivity index (χ2v) is 6.99. The number of hydrogen-bond acceptors (Lipinski definition) is 4. The second kappa shape index (κ2) is 7.38. The van der Waals surface area contributed by atoms with Crippen LogP contribution in [0.2, 0.25) is 5.02 Å². The first kappa shape index (κ1) is 17.4. The lowest BCUT2D eigenvalue weighted by atomic mass is 10.1. The zero-order valence-corrected chi connectivity index (χ0v) is 13.5. The van der Waals surface area contributed by atoms with E-state index >= 15 is 0 Å². The number of methoxy groups -OCH3 is 1. The lowest BCUT2D eigenvalue weighted by molar-refractivity contribution is 0.157. The van der Waals surface area contributed by atoms with Gasteiger partial charge in [0.05, 0.1) is 11.6 Å². The van der Waals surface area contributed by atoms with Gasteiger partial charge in [-0.3, -0.25) is 0 Å². The average Bonchev–Trinajstić information content (AvgIpc) is 2.37. The predicted octanol–water partition coefficient (Wildman–Crippen LogP) is 1.75. The van der Waals surface area contributed by atoms with E-state index in [2.05, 4.69) is 4.72 Å². The molecule has 0 spiro atoms. The van der Waals surface area contributed by atoms with Crippen molar-refractivity contribution in [3.8, 4) is 0 Å².